The van der Waals surface area contributed by atoms with Crippen LogP contribution in [-0.2, 0) is 16.6 Å². The van der Waals surface area contributed by atoms with E-state index in [0.717, 1.165) is 0 Å². The minimum absolute atomic E-state index is 0.0585. The number of carbonyl (C=O) groups is 2. The van der Waals surface area contributed by atoms with Gasteiger partial charge in [-0.15, -0.1) is 11.3 Å². The van der Waals surface area contributed by atoms with Crippen LogP contribution in [0.4, 0.5) is 5.69 Å². The number of nitrogens with zero attached hydrogens (tertiary/aromatic N) is 3. The summed E-state index contributed by atoms with van der Waals surface area (Å²) >= 11 is 1.37. The van der Waals surface area contributed by atoms with Gasteiger partial charge in [0.1, 0.15) is 12.3 Å². The number of hydrogen-bond acceptors (Lipinski definition) is 4. The van der Waals surface area contributed by atoms with Gasteiger partial charge < -0.3 is 9.30 Å². The van der Waals surface area contributed by atoms with Gasteiger partial charge in [0.05, 0.1) is 5.69 Å². The lowest BCUT2D eigenvalue weighted by molar-refractivity contribution is -0.124. The monoisotopic (exact) mass is 303 g/mol. The number of rotatable bonds is 2. The number of aryl methyl sites for hydroxylation is 1. The van der Waals surface area contributed by atoms with Crippen molar-refractivity contribution in [3.05, 3.63) is 40.6 Å². The molecule has 1 aliphatic rings. The Morgan fingerprint density at radius 3 is 3.00 bits per heavy atom. The molecule has 0 spiro atoms. The van der Waals surface area contributed by atoms with Crippen molar-refractivity contribution in [1.29, 1.82) is 0 Å². The number of aromatic nitrogens is 1. The summed E-state index contributed by atoms with van der Waals surface area (Å²) in [4.78, 5) is 30.1. The van der Waals surface area contributed by atoms with Crippen LogP contribution in [0, 0.1) is 0 Å². The zero-order valence-electron chi connectivity index (χ0n) is 11.4. The zero-order chi connectivity index (χ0) is 14.8. The maximum absolute atomic E-state index is 12.1. The van der Waals surface area contributed by atoms with E-state index in [0.29, 0.717) is 16.2 Å². The number of carbonyl (C=O) groups excluding carboxylic acids is 2. The lowest BCUT2D eigenvalue weighted by Gasteiger charge is -2.28. The van der Waals surface area contributed by atoms with E-state index in [-0.39, 0.29) is 25.0 Å². The van der Waals surface area contributed by atoms with Crippen molar-refractivity contribution in [1.82, 2.24) is 4.57 Å². The first-order valence-electron chi connectivity index (χ1n) is 6.35. The van der Waals surface area contributed by atoms with Crippen LogP contribution in [0.3, 0.4) is 0 Å². The molecule has 0 N–H and O–H groups in total. The number of amides is 2. The first kappa shape index (κ1) is 13.6. The number of fused-ring (bicyclic) bond motifs is 1. The molecule has 0 aliphatic carbocycles. The second-order valence-electron chi connectivity index (χ2n) is 4.54. The largest absolute Gasteiger partial charge is 0.482 e. The van der Waals surface area contributed by atoms with Gasteiger partial charge in [0.15, 0.2) is 11.4 Å². The van der Waals surface area contributed by atoms with Gasteiger partial charge in [-0.2, -0.15) is 4.99 Å². The Kier molecular flexibility index (Phi) is 3.57. The van der Waals surface area contributed by atoms with Gasteiger partial charge in [0.2, 0.25) is 0 Å². The molecule has 1 aliphatic heterocycles. The second-order valence-corrected chi connectivity index (χ2v) is 5.41. The SMILES string of the molecule is Cn1ccsc1=NC(=O)CN1C(=O)COc2ccccc21. The Morgan fingerprint density at radius 2 is 2.24 bits per heavy atom. The maximum atomic E-state index is 12.1. The van der Waals surface area contributed by atoms with E-state index in [4.69, 9.17) is 4.74 Å². The molecular weight excluding hydrogens is 290 g/mol. The summed E-state index contributed by atoms with van der Waals surface area (Å²) in [6.07, 6.45) is 1.83. The molecule has 2 aromatic rings. The summed E-state index contributed by atoms with van der Waals surface area (Å²) in [6.45, 7) is -0.145. The van der Waals surface area contributed by atoms with E-state index in [9.17, 15) is 9.59 Å². The molecule has 108 valence electrons. The highest BCUT2D eigenvalue weighted by molar-refractivity contribution is 7.07. The number of para-hydroxylation sites is 2. The van der Waals surface area contributed by atoms with Crippen molar-refractivity contribution in [2.75, 3.05) is 18.1 Å². The van der Waals surface area contributed by atoms with Crippen LogP contribution in [0.15, 0.2) is 40.8 Å². The first-order chi connectivity index (χ1) is 10.1. The Bertz CT molecular complexity index is 763. The van der Waals surface area contributed by atoms with Crippen LogP contribution >= 0.6 is 11.3 Å². The molecule has 0 unspecified atom stereocenters. The standard InChI is InChI=1S/C14H13N3O3S/c1-16-6-7-21-14(16)15-12(18)8-17-10-4-2-3-5-11(10)20-9-13(17)19/h2-7H,8-9H2,1H3. The molecule has 0 atom stereocenters. The fraction of sp³-hybridized carbons (Fsp3) is 0.214. The van der Waals surface area contributed by atoms with Crippen molar-refractivity contribution in [3.8, 4) is 5.75 Å². The number of thiazole rings is 1. The summed E-state index contributed by atoms with van der Waals surface area (Å²) in [6, 6.07) is 7.15. The van der Waals surface area contributed by atoms with E-state index in [1.807, 2.05) is 24.7 Å². The van der Waals surface area contributed by atoms with Crippen molar-refractivity contribution in [3.63, 3.8) is 0 Å². The minimum Gasteiger partial charge on any atom is -0.482 e. The summed E-state index contributed by atoms with van der Waals surface area (Å²) in [5.41, 5.74) is 0.604. The fourth-order valence-electron chi connectivity index (χ4n) is 2.04. The highest BCUT2D eigenvalue weighted by Gasteiger charge is 2.26. The first-order valence-corrected chi connectivity index (χ1v) is 7.23. The van der Waals surface area contributed by atoms with Crippen LogP contribution < -0.4 is 14.4 Å². The van der Waals surface area contributed by atoms with E-state index in [2.05, 4.69) is 4.99 Å². The van der Waals surface area contributed by atoms with E-state index >= 15 is 0 Å². The average molecular weight is 303 g/mol. The molecule has 1 aromatic heterocycles. The average Bonchev–Trinajstić information content (AvgIpc) is 2.87. The Hall–Kier alpha value is -2.41. The highest BCUT2D eigenvalue weighted by atomic mass is 32.1. The normalized spacial score (nSPS) is 14.8. The van der Waals surface area contributed by atoms with Crippen LogP contribution in [0.2, 0.25) is 0 Å². The Labute approximate surface area is 124 Å². The fourth-order valence-corrected chi connectivity index (χ4v) is 2.79. The molecule has 21 heavy (non-hydrogen) atoms. The number of benzene rings is 1. The van der Waals surface area contributed by atoms with Crippen molar-refractivity contribution in [2.45, 2.75) is 0 Å². The summed E-state index contributed by atoms with van der Waals surface area (Å²) in [5.74, 6) is -0.00233. The van der Waals surface area contributed by atoms with Crippen molar-refractivity contribution in [2.24, 2.45) is 12.0 Å². The quantitative estimate of drug-likeness (QED) is 0.829. The lowest BCUT2D eigenvalue weighted by Crippen LogP contribution is -2.41. The predicted octanol–water partition coefficient (Wildman–Crippen LogP) is 0.939. The molecule has 0 fully saturated rings. The zero-order valence-corrected chi connectivity index (χ0v) is 12.2. The molecule has 0 saturated carbocycles. The summed E-state index contributed by atoms with van der Waals surface area (Å²) in [5, 5.41) is 1.85. The number of ether oxygens (including phenoxy) is 1. The van der Waals surface area contributed by atoms with Gasteiger partial charge in [0.25, 0.3) is 11.8 Å². The summed E-state index contributed by atoms with van der Waals surface area (Å²) < 4.78 is 7.10. The van der Waals surface area contributed by atoms with Gasteiger partial charge in [-0.05, 0) is 12.1 Å². The molecule has 0 radical (unpaired) electrons. The van der Waals surface area contributed by atoms with Gasteiger partial charge in [0, 0.05) is 18.6 Å². The third kappa shape index (κ3) is 2.73. The molecule has 1 aromatic carbocycles. The smallest absolute Gasteiger partial charge is 0.268 e. The van der Waals surface area contributed by atoms with Crippen molar-refractivity contribution < 1.29 is 14.3 Å². The van der Waals surface area contributed by atoms with Crippen molar-refractivity contribution >= 4 is 28.8 Å². The Morgan fingerprint density at radius 1 is 1.43 bits per heavy atom. The van der Waals surface area contributed by atoms with Gasteiger partial charge >= 0.3 is 0 Å². The molecule has 0 bridgehead atoms. The maximum Gasteiger partial charge on any atom is 0.268 e. The number of hydrogen-bond donors (Lipinski definition) is 0. The predicted molar refractivity (Wildman–Crippen MR) is 78.2 cm³/mol. The number of anilines is 1. The van der Waals surface area contributed by atoms with Gasteiger partial charge in [-0.25, -0.2) is 0 Å². The van der Waals surface area contributed by atoms with Crippen LogP contribution in [0.5, 0.6) is 5.75 Å². The topological polar surface area (TPSA) is 63.9 Å². The minimum atomic E-state index is -0.363. The second kappa shape index (κ2) is 5.53. The molecular formula is C14H13N3O3S. The third-order valence-corrected chi connectivity index (χ3v) is 3.93. The van der Waals surface area contributed by atoms with Crippen LogP contribution in [-0.4, -0.2) is 29.5 Å². The van der Waals surface area contributed by atoms with E-state index in [1.165, 1.54) is 16.2 Å². The van der Waals surface area contributed by atoms with Crippen LogP contribution in [0.25, 0.3) is 0 Å². The van der Waals surface area contributed by atoms with Gasteiger partial charge in [-0.3, -0.25) is 14.5 Å². The summed E-state index contributed by atoms with van der Waals surface area (Å²) in [7, 11) is 1.82. The van der Waals surface area contributed by atoms with E-state index < -0.39 is 0 Å². The molecule has 6 nitrogen and oxygen atoms in total. The molecule has 2 heterocycles. The molecule has 2 amide bonds. The third-order valence-electron chi connectivity index (χ3n) is 3.08. The highest BCUT2D eigenvalue weighted by Crippen LogP contribution is 2.31. The Balaban J connectivity index is 1.86. The molecule has 0 saturated heterocycles. The van der Waals surface area contributed by atoms with E-state index in [1.54, 1.807) is 22.8 Å². The molecule has 3 rings (SSSR count). The molecule has 7 heteroatoms. The van der Waals surface area contributed by atoms with Crippen LogP contribution in [0.1, 0.15) is 0 Å². The van der Waals surface area contributed by atoms with Gasteiger partial charge in [-0.1, -0.05) is 12.1 Å². The lowest BCUT2D eigenvalue weighted by atomic mass is 10.2.